The van der Waals surface area contributed by atoms with E-state index in [4.69, 9.17) is 11.4 Å². The molecule has 0 spiro atoms. The molecule has 0 aromatic heterocycles. The van der Waals surface area contributed by atoms with E-state index in [1.807, 2.05) is 0 Å². The second-order valence-corrected chi connectivity index (χ2v) is 26.7. The number of hydrogen-bond acceptors (Lipinski definition) is 9. The highest BCUT2D eigenvalue weighted by Gasteiger charge is 2.48. The summed E-state index contributed by atoms with van der Waals surface area (Å²) in [6, 6.07) is 0. The molecule has 0 aromatic carbocycles. The minimum absolute atomic E-state index is 0.00684. The van der Waals surface area contributed by atoms with Crippen molar-refractivity contribution >= 4 is 33.1 Å². The van der Waals surface area contributed by atoms with Crippen molar-refractivity contribution in [3.05, 3.63) is 0 Å². The fraction of sp³-hybridized carbons (Fsp3) is 0.958. The van der Waals surface area contributed by atoms with E-state index < -0.39 is 33.1 Å². The Hall–Kier alpha value is -1.18. The van der Waals surface area contributed by atoms with E-state index >= 15 is 0 Å². The van der Waals surface area contributed by atoms with Crippen LogP contribution in [0.25, 0.3) is 0 Å². The van der Waals surface area contributed by atoms with Crippen molar-refractivity contribution < 1.29 is 25.7 Å². The van der Waals surface area contributed by atoms with E-state index in [0.717, 1.165) is 38.5 Å². The van der Waals surface area contributed by atoms with E-state index in [1.165, 1.54) is 347 Å². The van der Waals surface area contributed by atoms with Gasteiger partial charge in [0.1, 0.15) is 0 Å². The maximum atomic E-state index is 12.9. The Morgan fingerprint density at radius 1 is 0.207 bits per heavy atom. The maximum absolute atomic E-state index is 12.9. The molecule has 0 heterocycles. The van der Waals surface area contributed by atoms with Crippen LogP contribution in [0.4, 0.5) is 0 Å². The number of carbonyl (C=O) groups is 3. The first-order valence-corrected chi connectivity index (χ1v) is 38.6. The predicted octanol–water partition coefficient (Wildman–Crippen LogP) is 21.8. The van der Waals surface area contributed by atoms with Crippen molar-refractivity contribution in [1.82, 2.24) is 16.0 Å². The quantitative estimate of drug-likeness (QED) is 0.0405. The first-order chi connectivity index (χ1) is 40.5. The Morgan fingerprint density at radius 2 is 0.329 bits per heavy atom. The summed E-state index contributed by atoms with van der Waals surface area (Å²) in [5, 5.41) is 9.55. The zero-order chi connectivity index (χ0) is 59.2. The molecular formula is C72H144AlN3O6. The molecule has 486 valence electrons. The van der Waals surface area contributed by atoms with Gasteiger partial charge in [-0.25, -0.2) is 0 Å². The van der Waals surface area contributed by atoms with Gasteiger partial charge >= 0.3 is 15.1 Å². The molecule has 0 unspecified atom stereocenters. The molecule has 0 fully saturated rings. The van der Waals surface area contributed by atoms with Gasteiger partial charge in [0.05, 0.1) is 19.6 Å². The van der Waals surface area contributed by atoms with E-state index in [1.54, 1.807) is 0 Å². The zero-order valence-electron chi connectivity index (χ0n) is 55.7. The smallest absolute Gasteiger partial charge is 0.550 e. The molecule has 0 saturated carbocycles. The van der Waals surface area contributed by atoms with Crippen LogP contribution >= 0.6 is 0 Å². The molecule has 0 aliphatic rings. The lowest BCUT2D eigenvalue weighted by atomic mass is 10.0. The third-order valence-electron chi connectivity index (χ3n) is 17.1. The Labute approximate surface area is 517 Å². The van der Waals surface area contributed by atoms with Crippen molar-refractivity contribution in [1.29, 1.82) is 0 Å². The Kier molecular flexibility index (Phi) is 71.3. The molecule has 0 aliphatic carbocycles. The molecule has 0 aliphatic heterocycles. The van der Waals surface area contributed by atoms with Crippen LogP contribution in [0.5, 0.6) is 0 Å². The lowest BCUT2D eigenvalue weighted by molar-refractivity contribution is -0.146. The van der Waals surface area contributed by atoms with Crippen LogP contribution in [0.3, 0.4) is 0 Å². The molecular weight excluding hydrogens is 1030 g/mol. The zero-order valence-corrected chi connectivity index (χ0v) is 56.9. The van der Waals surface area contributed by atoms with Crippen molar-refractivity contribution in [2.45, 2.75) is 406 Å². The van der Waals surface area contributed by atoms with Crippen LogP contribution in [-0.2, 0) is 25.7 Å². The summed E-state index contributed by atoms with van der Waals surface area (Å²) in [6.07, 6.45) is 81.0. The molecule has 0 saturated heterocycles. The predicted molar refractivity (Wildman–Crippen MR) is 357 cm³/mol. The minimum atomic E-state index is -3.39. The van der Waals surface area contributed by atoms with Crippen LogP contribution in [-0.4, -0.2) is 72.3 Å². The highest BCUT2D eigenvalue weighted by atomic mass is 27.3. The van der Waals surface area contributed by atoms with Gasteiger partial charge in [-0.05, 0) is 38.9 Å². The van der Waals surface area contributed by atoms with E-state index in [9.17, 15) is 14.4 Å². The average Bonchev–Trinajstić information content (AvgIpc) is 3.48. The van der Waals surface area contributed by atoms with E-state index in [2.05, 4.69) is 36.7 Å². The van der Waals surface area contributed by atoms with Gasteiger partial charge in [0.2, 0.25) is 0 Å². The van der Waals surface area contributed by atoms with Crippen molar-refractivity contribution in [3.63, 3.8) is 0 Å². The second-order valence-electron chi connectivity index (χ2n) is 25.4. The first kappa shape index (κ1) is 80.8. The number of rotatable bonds is 72. The summed E-state index contributed by atoms with van der Waals surface area (Å²) in [5.41, 5.74) is 0. The molecule has 0 aromatic rings. The van der Waals surface area contributed by atoms with Gasteiger partial charge in [-0.1, -0.05) is 387 Å². The normalized spacial score (nSPS) is 11.5. The molecule has 0 amide bonds. The summed E-state index contributed by atoms with van der Waals surface area (Å²) < 4.78 is 16.6. The highest BCUT2D eigenvalue weighted by Crippen LogP contribution is 2.19. The summed E-state index contributed by atoms with van der Waals surface area (Å²) >= 11 is -3.39. The molecule has 3 N–H and O–H groups in total. The standard InChI is InChI=1S/3C24H49NO2.Al/c3*1-2-3-4-5-6-7-8-9-10-11-12-13-14-15-16-17-18-19-20-21-22-25-23-24(26)27;/h3*25H,2-23H2,1H3,(H,26,27);/q;;;+3/p-3. The van der Waals surface area contributed by atoms with Crippen LogP contribution in [0, 0.1) is 0 Å². The Bertz CT molecular complexity index is 1110. The third kappa shape index (κ3) is 69.6. The monoisotopic (exact) mass is 1170 g/mol. The molecule has 0 radical (unpaired) electrons. The summed E-state index contributed by atoms with van der Waals surface area (Å²) in [4.78, 5) is 38.7. The van der Waals surface area contributed by atoms with Crippen molar-refractivity contribution in [2.75, 3.05) is 39.3 Å². The van der Waals surface area contributed by atoms with Crippen LogP contribution in [0.1, 0.15) is 406 Å². The summed E-state index contributed by atoms with van der Waals surface area (Å²) in [5.74, 6) is -1.67. The molecule has 10 heteroatoms. The van der Waals surface area contributed by atoms with Crippen molar-refractivity contribution in [2.24, 2.45) is 0 Å². The van der Waals surface area contributed by atoms with Crippen molar-refractivity contribution in [3.8, 4) is 0 Å². The Morgan fingerprint density at radius 3 is 0.463 bits per heavy atom. The molecule has 9 nitrogen and oxygen atoms in total. The second kappa shape index (κ2) is 72.3. The number of unbranched alkanes of at least 4 members (excludes halogenated alkanes) is 57. The van der Waals surface area contributed by atoms with Gasteiger partial charge in [0.25, 0.3) is 17.9 Å². The lowest BCUT2D eigenvalue weighted by Gasteiger charge is -2.14. The fourth-order valence-corrected chi connectivity index (χ4v) is 12.6. The topological polar surface area (TPSA) is 115 Å². The van der Waals surface area contributed by atoms with Crippen LogP contribution in [0.2, 0.25) is 0 Å². The van der Waals surface area contributed by atoms with Gasteiger partial charge in [0.15, 0.2) is 0 Å². The van der Waals surface area contributed by atoms with Gasteiger partial charge in [0, 0.05) is 0 Å². The van der Waals surface area contributed by atoms with E-state index in [0.29, 0.717) is 19.6 Å². The minimum Gasteiger partial charge on any atom is -0.550 e. The summed E-state index contributed by atoms with van der Waals surface area (Å²) in [7, 11) is 0. The third-order valence-corrected chi connectivity index (χ3v) is 18.5. The fourth-order valence-electron chi connectivity index (χ4n) is 11.6. The number of hydrogen-bond donors (Lipinski definition) is 3. The molecule has 82 heavy (non-hydrogen) atoms. The average molecular weight is 1170 g/mol. The Balaban J connectivity index is 4.27. The lowest BCUT2D eigenvalue weighted by Crippen LogP contribution is -2.41. The molecule has 0 bridgehead atoms. The largest absolute Gasteiger partial charge is 1.20 e. The van der Waals surface area contributed by atoms with Gasteiger partial charge < -0.3 is 27.3 Å². The summed E-state index contributed by atoms with van der Waals surface area (Å²) in [6.45, 7) is 9.00. The van der Waals surface area contributed by atoms with Crippen LogP contribution < -0.4 is 16.0 Å². The highest BCUT2D eigenvalue weighted by molar-refractivity contribution is 6.44. The molecule has 0 atom stereocenters. The SMILES string of the molecule is CCCCCCCCCCCCCCCCCCCCCCNCC(=O)[O][Al]([O]C(=O)CNCCCCCCCCCCCCCCCCCCCCCC)[O]C(=O)CNCCCCCCCCCCCCCCCCCCCCCC. The van der Waals surface area contributed by atoms with Gasteiger partial charge in [-0.3, -0.25) is 14.4 Å². The first-order valence-electron chi connectivity index (χ1n) is 37.2. The number of nitrogens with one attached hydrogen (secondary N) is 3. The van der Waals surface area contributed by atoms with Gasteiger partial charge in [-0.2, -0.15) is 0 Å². The van der Waals surface area contributed by atoms with E-state index in [-0.39, 0.29) is 19.6 Å². The maximum Gasteiger partial charge on any atom is 1.20 e. The number of carbonyl (C=O) groups excluding carboxylic acids is 3. The molecule has 0 rings (SSSR count). The van der Waals surface area contributed by atoms with Gasteiger partial charge in [-0.15, -0.1) is 0 Å². The van der Waals surface area contributed by atoms with Crippen LogP contribution in [0.15, 0.2) is 0 Å².